The number of alkyl halides is 1. The van der Waals surface area contributed by atoms with Crippen LogP contribution in [0.3, 0.4) is 0 Å². The first-order chi connectivity index (χ1) is 30.8. The largest absolute Gasteiger partial charge is 0.450 e. The molecule has 6 rings (SSSR count). The number of unbranched alkanes of at least 4 members (excludes halogenated alkanes) is 3. The summed E-state index contributed by atoms with van der Waals surface area (Å²) in [7, 11) is -1.77. The molecule has 2 fully saturated rings. The van der Waals surface area contributed by atoms with E-state index < -0.39 is 22.3 Å². The number of hydrogen-bond donors (Lipinski definition) is 1. The molecule has 2 saturated carbocycles. The van der Waals surface area contributed by atoms with E-state index in [4.69, 9.17) is 21.8 Å². The van der Waals surface area contributed by atoms with Crippen LogP contribution in [-0.2, 0) is 19.3 Å². The molecule has 2 atom stereocenters. The van der Waals surface area contributed by atoms with Gasteiger partial charge in [-0.1, -0.05) is 218 Å². The van der Waals surface area contributed by atoms with Gasteiger partial charge >= 0.3 is 0 Å². The molecule has 2 aliphatic carbocycles. The Labute approximate surface area is 411 Å². The average Bonchev–Trinajstić information content (AvgIpc) is 3.96. The lowest BCUT2D eigenvalue weighted by Gasteiger charge is -2.20. The fourth-order valence-corrected chi connectivity index (χ4v) is 11.1. The summed E-state index contributed by atoms with van der Waals surface area (Å²) in [5.41, 5.74) is 9.37. The number of nitrogen functional groups attached to an aromatic ring is 1. The van der Waals surface area contributed by atoms with Gasteiger partial charge in [0.1, 0.15) is 17.7 Å². The van der Waals surface area contributed by atoms with Crippen molar-refractivity contribution >= 4 is 50.0 Å². The minimum absolute atomic E-state index is 0.206. The summed E-state index contributed by atoms with van der Waals surface area (Å²) in [6.07, 6.45) is 24.8. The van der Waals surface area contributed by atoms with Gasteiger partial charge in [0.05, 0.1) is 8.07 Å². The van der Waals surface area contributed by atoms with E-state index in [1.54, 1.807) is 34.7 Å². The molecule has 2 aliphatic rings. The molecule has 0 spiro atoms. The molecule has 0 amide bonds. The predicted molar refractivity (Wildman–Crippen MR) is 297 cm³/mol. The maximum atomic E-state index is 12.8. The van der Waals surface area contributed by atoms with Crippen LogP contribution in [-0.4, -0.2) is 22.3 Å². The summed E-state index contributed by atoms with van der Waals surface area (Å²) in [4.78, 5) is 0. The third kappa shape index (κ3) is 35.6. The van der Waals surface area contributed by atoms with Crippen molar-refractivity contribution in [2.24, 2.45) is 11.8 Å². The zero-order chi connectivity index (χ0) is 49.1. The van der Waals surface area contributed by atoms with Crippen molar-refractivity contribution < 1.29 is 13.2 Å². The van der Waals surface area contributed by atoms with Gasteiger partial charge in [-0.3, -0.25) is 0 Å². The van der Waals surface area contributed by atoms with E-state index in [-0.39, 0.29) is 5.82 Å². The second-order valence-electron chi connectivity index (χ2n) is 20.6. The van der Waals surface area contributed by atoms with E-state index in [0.29, 0.717) is 22.9 Å². The first kappa shape index (κ1) is 62.8. The quantitative estimate of drug-likeness (QED) is 0.0924. The molecule has 1 unspecified atom stereocenters. The number of halogens is 3. The summed E-state index contributed by atoms with van der Waals surface area (Å²) in [6, 6.07) is 20.9. The number of anilines is 1. The Hall–Kier alpha value is -2.20. The van der Waals surface area contributed by atoms with Crippen molar-refractivity contribution in [1.82, 2.24) is 0 Å². The third-order valence-corrected chi connectivity index (χ3v) is 16.8. The molecular weight excluding hydrogens is 876 g/mol. The zero-order valence-corrected chi connectivity index (χ0v) is 47.6. The smallest absolute Gasteiger partial charge is 0.193 e. The Bertz CT molecular complexity index is 1660. The molecule has 0 aliphatic heterocycles. The Kier molecular flexibility index (Phi) is 36.5. The SMILES string of the molecule is CCCC1CCCCC1.CCCCCC[Si](C)(C)C.CCc1ccc(Cl)o1.CCc1ccc(N)cc1F.CCc1ccsc1.C[C@H]1CCCCC(F)CC1.Cc1cccc([Si](C)(C)C)c1. The molecule has 2 N–H and O–H groups in total. The molecule has 0 bridgehead atoms. The summed E-state index contributed by atoms with van der Waals surface area (Å²) in [5.74, 6) is 2.60. The van der Waals surface area contributed by atoms with Crippen molar-refractivity contribution in [2.45, 2.75) is 228 Å². The standard InChI is InChI=1S/C10H16Si.C9H17F.C9H22Si.C9H18.C8H10FN.C6H7ClO.C6H8S/c1-9-6-5-7-10(8-9)11(2,3)4;1-8-4-2-3-5-9(10)7-6-8;1-5-6-7-8-9-10(2,3)4;1-2-6-9-7-4-3-5-8-9;1-2-6-3-4-7(10)5-8(6)9;1-2-5-3-4-6(7)8-5;1-2-6-3-4-7-5-6/h5-8H,1-4H3;8-9H,2-7H2,1H3;5-9H2,1-4H3;9H,2-8H2,1H3;3-5H,2,10H2,1H3;3-4H,2H2,1H3;3-5H,2H2,1H3/t;8-,9?;;;;;/m.0...../s1. The van der Waals surface area contributed by atoms with Gasteiger partial charge in [0.2, 0.25) is 0 Å². The second kappa shape index (κ2) is 37.7. The Morgan fingerprint density at radius 1 is 0.723 bits per heavy atom. The minimum atomic E-state index is -1.06. The highest BCUT2D eigenvalue weighted by Gasteiger charge is 2.16. The molecule has 372 valence electrons. The third-order valence-electron chi connectivity index (χ3n) is 11.9. The molecule has 4 aromatic rings. The Balaban J connectivity index is 0.000000738. The van der Waals surface area contributed by atoms with Gasteiger partial charge in [-0.2, -0.15) is 11.3 Å². The molecule has 2 heterocycles. The van der Waals surface area contributed by atoms with Crippen molar-refractivity contribution in [3.05, 3.63) is 105 Å². The van der Waals surface area contributed by atoms with Crippen molar-refractivity contribution in [3.63, 3.8) is 0 Å². The second-order valence-corrected chi connectivity index (χ2v) is 32.4. The molecule has 65 heavy (non-hydrogen) atoms. The van der Waals surface area contributed by atoms with Crippen LogP contribution in [0.15, 0.2) is 75.8 Å². The molecule has 2 nitrogen and oxygen atoms in total. The summed E-state index contributed by atoms with van der Waals surface area (Å²) in [6.45, 7) is 29.6. The molecule has 0 radical (unpaired) electrons. The van der Waals surface area contributed by atoms with Gasteiger partial charge in [-0.15, -0.1) is 0 Å². The van der Waals surface area contributed by atoms with E-state index in [1.807, 2.05) is 19.9 Å². The van der Waals surface area contributed by atoms with E-state index in [0.717, 1.165) is 49.7 Å². The summed E-state index contributed by atoms with van der Waals surface area (Å²) in [5, 5.41) is 6.32. The van der Waals surface area contributed by atoms with Crippen LogP contribution in [0.4, 0.5) is 14.5 Å². The highest BCUT2D eigenvalue weighted by atomic mass is 35.5. The number of hydrogen-bond acceptors (Lipinski definition) is 3. The van der Waals surface area contributed by atoms with E-state index in [2.05, 4.69) is 115 Å². The highest BCUT2D eigenvalue weighted by molar-refractivity contribution is 7.07. The van der Waals surface area contributed by atoms with Gasteiger partial charge in [-0.05, 0) is 115 Å². The number of furan rings is 1. The fraction of sp³-hybridized carbons (Fsp3) is 0.649. The Morgan fingerprint density at radius 3 is 1.86 bits per heavy atom. The first-order valence-corrected chi connectivity index (χ1v) is 34.3. The van der Waals surface area contributed by atoms with Crippen molar-refractivity contribution in [3.8, 4) is 0 Å². The van der Waals surface area contributed by atoms with E-state index in [9.17, 15) is 8.78 Å². The van der Waals surface area contributed by atoms with Gasteiger partial charge in [0.15, 0.2) is 5.22 Å². The number of benzene rings is 2. The predicted octanol–water partition coefficient (Wildman–Crippen LogP) is 19.9. The fourth-order valence-electron chi connectivity index (χ4n) is 7.58. The topological polar surface area (TPSA) is 39.2 Å². The normalized spacial score (nSPS) is 16.2. The number of nitrogens with two attached hydrogens (primary N) is 1. The molecule has 0 saturated heterocycles. The minimum Gasteiger partial charge on any atom is -0.450 e. The van der Waals surface area contributed by atoms with Gasteiger partial charge in [0, 0.05) is 20.2 Å². The maximum Gasteiger partial charge on any atom is 0.193 e. The highest BCUT2D eigenvalue weighted by Crippen LogP contribution is 2.27. The summed E-state index contributed by atoms with van der Waals surface area (Å²) < 4.78 is 30.6. The lowest BCUT2D eigenvalue weighted by molar-refractivity contribution is 0.245. The van der Waals surface area contributed by atoms with Crippen LogP contribution in [0.2, 0.25) is 50.5 Å². The number of thiophene rings is 1. The van der Waals surface area contributed by atoms with Crippen LogP contribution in [0.5, 0.6) is 0 Å². The van der Waals surface area contributed by atoms with E-state index >= 15 is 0 Å². The molecule has 2 aromatic carbocycles. The lowest BCUT2D eigenvalue weighted by Crippen LogP contribution is -2.37. The zero-order valence-electron chi connectivity index (χ0n) is 44.0. The van der Waals surface area contributed by atoms with Crippen molar-refractivity contribution in [2.75, 3.05) is 5.73 Å². The van der Waals surface area contributed by atoms with E-state index in [1.165, 1.54) is 113 Å². The van der Waals surface area contributed by atoms with Crippen LogP contribution in [0.1, 0.15) is 173 Å². The molecule has 2 aromatic heterocycles. The summed E-state index contributed by atoms with van der Waals surface area (Å²) >= 11 is 7.24. The maximum absolute atomic E-state index is 12.8. The van der Waals surface area contributed by atoms with Gasteiger partial charge < -0.3 is 10.2 Å². The number of aryl methyl sites for hydroxylation is 4. The molecular formula is C57H98ClF2NOSSi2. The van der Waals surface area contributed by atoms with Gasteiger partial charge in [-0.25, -0.2) is 8.78 Å². The average molecular weight is 975 g/mol. The van der Waals surface area contributed by atoms with Crippen molar-refractivity contribution in [1.29, 1.82) is 0 Å². The van der Waals surface area contributed by atoms with Crippen LogP contribution in [0, 0.1) is 24.6 Å². The number of rotatable bonds is 11. The first-order valence-electron chi connectivity index (χ1n) is 25.8. The van der Waals surface area contributed by atoms with Crippen LogP contribution >= 0.6 is 22.9 Å². The van der Waals surface area contributed by atoms with Crippen LogP contribution in [0.25, 0.3) is 0 Å². The van der Waals surface area contributed by atoms with Gasteiger partial charge in [0.25, 0.3) is 0 Å². The Morgan fingerprint density at radius 2 is 1.40 bits per heavy atom. The monoisotopic (exact) mass is 974 g/mol. The van der Waals surface area contributed by atoms with Crippen LogP contribution < -0.4 is 10.9 Å². The lowest BCUT2D eigenvalue weighted by atomic mass is 9.86. The molecule has 8 heteroatoms.